The van der Waals surface area contributed by atoms with Crippen LogP contribution >= 0.6 is 23.2 Å². The van der Waals surface area contributed by atoms with Gasteiger partial charge in [0.1, 0.15) is 8.07 Å². The molecule has 0 fully saturated rings. The molecule has 0 saturated carbocycles. The van der Waals surface area contributed by atoms with Crippen molar-refractivity contribution in [1.29, 1.82) is 0 Å². The van der Waals surface area contributed by atoms with Crippen LogP contribution in [0.1, 0.15) is 72.5 Å². The molecule has 0 aliphatic heterocycles. The van der Waals surface area contributed by atoms with E-state index >= 15 is 0 Å². The summed E-state index contributed by atoms with van der Waals surface area (Å²) in [6.07, 6.45) is 4.17. The van der Waals surface area contributed by atoms with Crippen molar-refractivity contribution in [1.82, 2.24) is 0 Å². The maximum absolute atomic E-state index is 7.43. The van der Waals surface area contributed by atoms with Crippen LogP contribution in [0.15, 0.2) is 108 Å². The van der Waals surface area contributed by atoms with E-state index in [4.69, 9.17) is 23.2 Å². The average Bonchev–Trinajstić information content (AvgIpc) is 3.46. The predicted octanol–water partition coefficient (Wildman–Crippen LogP) is 12.2. The molecule has 6 rings (SSSR count). The number of hydrogen-bond acceptors (Lipinski definition) is 0. The van der Waals surface area contributed by atoms with Gasteiger partial charge in [-0.1, -0.05) is 137 Å². The number of halogens is 2. The monoisotopic (exact) mass is 592 g/mol. The lowest BCUT2D eigenvalue weighted by molar-refractivity contribution is 0.873. The zero-order valence-electron chi connectivity index (χ0n) is 24.5. The van der Waals surface area contributed by atoms with Crippen LogP contribution in [0, 0.1) is 0 Å². The second kappa shape index (κ2) is 11.4. The number of alkyl halides is 2. The van der Waals surface area contributed by atoms with Crippen molar-refractivity contribution in [2.45, 2.75) is 63.4 Å². The Morgan fingerprint density at radius 2 is 0.927 bits per heavy atom. The van der Waals surface area contributed by atoms with Gasteiger partial charge in [0.2, 0.25) is 0 Å². The molecule has 0 heterocycles. The summed E-state index contributed by atoms with van der Waals surface area (Å²) in [5.74, 6) is 0. The Balaban J connectivity index is 1.66. The van der Waals surface area contributed by atoms with Gasteiger partial charge in [-0.05, 0) is 78.9 Å². The molecule has 0 radical (unpaired) electrons. The van der Waals surface area contributed by atoms with Crippen LogP contribution in [-0.4, -0.2) is 8.07 Å². The van der Waals surface area contributed by atoms with Crippen LogP contribution in [0.25, 0.3) is 32.6 Å². The minimum atomic E-state index is -2.36. The van der Waals surface area contributed by atoms with E-state index in [0.29, 0.717) is 0 Å². The smallest absolute Gasteiger partial charge is 0.113 e. The van der Waals surface area contributed by atoms with E-state index in [9.17, 15) is 0 Å². The summed E-state index contributed by atoms with van der Waals surface area (Å²) in [6, 6.07) is 35.2. The highest BCUT2D eigenvalue weighted by molar-refractivity contribution is 7.09. The summed E-state index contributed by atoms with van der Waals surface area (Å²) >= 11 is 14.9. The Kier molecular flexibility index (Phi) is 7.89. The van der Waals surface area contributed by atoms with Crippen molar-refractivity contribution >= 4 is 41.7 Å². The second-order valence-electron chi connectivity index (χ2n) is 11.9. The maximum Gasteiger partial charge on any atom is 0.113 e. The minimum Gasteiger partial charge on any atom is -0.113 e. The first-order valence-corrected chi connectivity index (χ1v) is 18.9. The molecule has 41 heavy (non-hydrogen) atoms. The molecular formula is C38H38Cl2Si. The topological polar surface area (TPSA) is 0 Å². The Morgan fingerprint density at radius 3 is 1.29 bits per heavy atom. The molecule has 0 N–H and O–H groups in total. The van der Waals surface area contributed by atoms with Crippen LogP contribution in [0.2, 0.25) is 13.1 Å². The molecule has 2 atom stereocenters. The van der Waals surface area contributed by atoms with Gasteiger partial charge in [0, 0.05) is 0 Å². The summed E-state index contributed by atoms with van der Waals surface area (Å²) in [7, 11) is -2.36. The molecule has 0 bridgehead atoms. The first-order valence-electron chi connectivity index (χ1n) is 15.0. The van der Waals surface area contributed by atoms with Crippen molar-refractivity contribution < 1.29 is 0 Å². The number of fused-ring (bicyclic) bond motifs is 2. The molecule has 2 aliphatic carbocycles. The summed E-state index contributed by atoms with van der Waals surface area (Å²) in [4.78, 5) is 0. The van der Waals surface area contributed by atoms with Gasteiger partial charge in [0.15, 0.2) is 0 Å². The Labute approximate surface area is 256 Å². The van der Waals surface area contributed by atoms with Crippen LogP contribution < -0.4 is 0 Å². The van der Waals surface area contributed by atoms with E-state index < -0.39 is 8.07 Å². The molecule has 3 heteroatoms. The fraction of sp³-hybridized carbons (Fsp3) is 0.263. The first kappa shape index (κ1) is 28.3. The van der Waals surface area contributed by atoms with Crippen molar-refractivity contribution in [3.63, 3.8) is 0 Å². The molecule has 0 nitrogen and oxygen atoms in total. The molecule has 2 aliphatic rings. The van der Waals surface area contributed by atoms with Crippen molar-refractivity contribution in [3.05, 3.63) is 130 Å². The molecule has 0 saturated heterocycles. The number of benzene rings is 4. The number of hydrogen-bond donors (Lipinski definition) is 0. The van der Waals surface area contributed by atoms with Crippen molar-refractivity contribution in [2.24, 2.45) is 0 Å². The maximum atomic E-state index is 7.43. The van der Waals surface area contributed by atoms with Crippen molar-refractivity contribution in [2.75, 3.05) is 0 Å². The van der Waals surface area contributed by atoms with Gasteiger partial charge in [0.25, 0.3) is 0 Å². The summed E-state index contributed by atoms with van der Waals surface area (Å²) in [6.45, 7) is 9.67. The number of allylic oxidation sites excluding steroid dienone is 2. The third kappa shape index (κ3) is 4.67. The zero-order valence-corrected chi connectivity index (χ0v) is 27.0. The van der Waals surface area contributed by atoms with E-state index in [0.717, 1.165) is 25.7 Å². The Hall–Kier alpha value is -2.84. The molecule has 4 aromatic carbocycles. The predicted molar refractivity (Wildman–Crippen MR) is 182 cm³/mol. The van der Waals surface area contributed by atoms with Crippen LogP contribution in [0.3, 0.4) is 0 Å². The largest absolute Gasteiger partial charge is 0.113 e. The van der Waals surface area contributed by atoms with Gasteiger partial charge < -0.3 is 0 Å². The molecule has 208 valence electrons. The highest BCUT2D eigenvalue weighted by Crippen LogP contribution is 2.59. The Morgan fingerprint density at radius 1 is 0.537 bits per heavy atom. The highest BCUT2D eigenvalue weighted by Gasteiger charge is 2.47. The molecular weight excluding hydrogens is 555 g/mol. The van der Waals surface area contributed by atoms with Crippen LogP contribution in [0.5, 0.6) is 0 Å². The van der Waals surface area contributed by atoms with Gasteiger partial charge in [0.05, 0.1) is 10.8 Å². The zero-order chi connectivity index (χ0) is 28.7. The van der Waals surface area contributed by atoms with Gasteiger partial charge in [-0.3, -0.25) is 0 Å². The summed E-state index contributed by atoms with van der Waals surface area (Å²) in [5.41, 5.74) is 13.2. The van der Waals surface area contributed by atoms with Crippen LogP contribution in [-0.2, 0) is 0 Å². The lowest BCUT2D eigenvalue weighted by atomic mass is 9.97. The van der Waals surface area contributed by atoms with E-state index in [2.05, 4.69) is 124 Å². The fourth-order valence-electron chi connectivity index (χ4n) is 7.38. The molecule has 0 aromatic heterocycles. The molecule has 0 spiro atoms. The third-order valence-corrected chi connectivity index (χ3v) is 13.6. The summed E-state index contributed by atoms with van der Waals surface area (Å²) < 4.78 is 0. The lowest BCUT2D eigenvalue weighted by Gasteiger charge is -2.33. The fourth-order valence-corrected chi connectivity index (χ4v) is 12.6. The second-order valence-corrected chi connectivity index (χ2v) is 17.0. The van der Waals surface area contributed by atoms with E-state index in [-0.39, 0.29) is 10.8 Å². The minimum absolute atomic E-state index is 0.0948. The number of rotatable bonds is 8. The molecule has 0 amide bonds. The van der Waals surface area contributed by atoms with Gasteiger partial charge in [-0.15, -0.1) is 23.2 Å². The van der Waals surface area contributed by atoms with Crippen molar-refractivity contribution in [3.8, 4) is 22.3 Å². The van der Waals surface area contributed by atoms with Gasteiger partial charge >= 0.3 is 0 Å². The van der Waals surface area contributed by atoms with E-state index in [1.54, 1.807) is 0 Å². The highest BCUT2D eigenvalue weighted by atomic mass is 35.5. The third-order valence-electron chi connectivity index (χ3n) is 8.95. The summed E-state index contributed by atoms with van der Waals surface area (Å²) in [5, 5.41) is 2.86. The van der Waals surface area contributed by atoms with Gasteiger partial charge in [-0.25, -0.2) is 0 Å². The first-order chi connectivity index (χ1) is 19.9. The van der Waals surface area contributed by atoms with Gasteiger partial charge in [-0.2, -0.15) is 0 Å². The average molecular weight is 594 g/mol. The SMILES string of the molecule is CCCC1=C([Si](C)(C)C2=C(CCC)C(Cl)c3cccc(-c4ccccc4)c32)c2c(-c3ccccc3)cccc2C1Cl. The Bertz CT molecular complexity index is 1520. The van der Waals surface area contributed by atoms with E-state index in [1.807, 2.05) is 0 Å². The van der Waals surface area contributed by atoms with E-state index in [1.165, 1.54) is 66.0 Å². The molecule has 2 unspecified atom stereocenters. The standard InChI is InChI=1S/C38H38Cl2Si/c1-5-15-31-35(39)29-23-13-21-27(25-17-9-7-10-18-25)33(29)37(31)41(3,4)38-32(16-6-2)36(40)30-24-14-22-28(34(30)38)26-19-11-8-12-20-26/h7-14,17-24,35-36H,5-6,15-16H2,1-4H3. The lowest BCUT2D eigenvalue weighted by Crippen LogP contribution is -2.32. The molecule has 4 aromatic rings. The van der Waals surface area contributed by atoms with Crippen LogP contribution in [0.4, 0.5) is 0 Å². The normalized spacial score (nSPS) is 18.2. The quantitative estimate of drug-likeness (QED) is 0.141.